The molecule has 0 atom stereocenters. The van der Waals surface area contributed by atoms with Crippen LogP contribution in [0.3, 0.4) is 0 Å². The first kappa shape index (κ1) is 19.4. The summed E-state index contributed by atoms with van der Waals surface area (Å²) in [5.74, 6) is -0.311. The summed E-state index contributed by atoms with van der Waals surface area (Å²) in [4.78, 5) is 42.8. The molecule has 2 amide bonds. The zero-order valence-electron chi connectivity index (χ0n) is 15.6. The van der Waals surface area contributed by atoms with Crippen molar-refractivity contribution in [2.24, 2.45) is 0 Å². The van der Waals surface area contributed by atoms with Gasteiger partial charge in [0.05, 0.1) is 23.2 Å². The van der Waals surface area contributed by atoms with Crippen molar-refractivity contribution in [1.29, 1.82) is 0 Å². The number of hydrogen-bond donors (Lipinski definition) is 1. The minimum absolute atomic E-state index is 0.0347. The van der Waals surface area contributed by atoms with E-state index in [1.54, 1.807) is 24.7 Å². The maximum atomic E-state index is 13.0. The Morgan fingerprint density at radius 2 is 1.96 bits per heavy atom. The fourth-order valence-corrected chi connectivity index (χ4v) is 4.12. The highest BCUT2D eigenvalue weighted by atomic mass is 32.2. The van der Waals surface area contributed by atoms with Crippen molar-refractivity contribution in [3.63, 3.8) is 0 Å². The first-order valence-electron chi connectivity index (χ1n) is 9.08. The van der Waals surface area contributed by atoms with Crippen LogP contribution in [-0.4, -0.2) is 52.7 Å². The second kappa shape index (κ2) is 8.56. The normalized spacial score (nSPS) is 14.4. The molecule has 0 saturated heterocycles. The van der Waals surface area contributed by atoms with E-state index < -0.39 is 0 Å². The van der Waals surface area contributed by atoms with Gasteiger partial charge in [-0.05, 0) is 25.0 Å². The highest BCUT2D eigenvalue weighted by Gasteiger charge is 2.23. The minimum atomic E-state index is -0.254. The molecule has 1 aromatic carbocycles. The van der Waals surface area contributed by atoms with Crippen LogP contribution in [0.2, 0.25) is 0 Å². The molecular formula is C19H24N4O3S. The Labute approximate surface area is 162 Å². The molecule has 7 nitrogen and oxygen atoms in total. The molecule has 0 unspecified atom stereocenters. The number of benzene rings is 1. The standard InChI is InChI=1S/C19H24N4O3S/c1-22(2)17(25)11-20-16(24)12-27-19-21-15-10-6-5-9-14(15)18(26)23(19)13-7-3-4-8-13/h5-6,9-10,13H,3-4,7-8,11-12H2,1-2H3,(H,20,24). The molecule has 1 fully saturated rings. The van der Waals surface area contributed by atoms with Crippen molar-refractivity contribution in [2.45, 2.75) is 36.9 Å². The second-order valence-corrected chi connectivity index (χ2v) is 7.82. The van der Waals surface area contributed by atoms with E-state index in [9.17, 15) is 14.4 Å². The Kier molecular flexibility index (Phi) is 6.15. The van der Waals surface area contributed by atoms with E-state index in [0.717, 1.165) is 25.7 Å². The van der Waals surface area contributed by atoms with Crippen LogP contribution < -0.4 is 10.9 Å². The predicted molar refractivity (Wildman–Crippen MR) is 106 cm³/mol. The van der Waals surface area contributed by atoms with Gasteiger partial charge < -0.3 is 10.2 Å². The van der Waals surface area contributed by atoms with Gasteiger partial charge in [0.1, 0.15) is 0 Å². The molecule has 3 rings (SSSR count). The predicted octanol–water partition coefficient (Wildman–Crippen LogP) is 1.81. The zero-order valence-corrected chi connectivity index (χ0v) is 16.4. The molecule has 0 aliphatic heterocycles. The Morgan fingerprint density at radius 1 is 1.26 bits per heavy atom. The molecule has 1 heterocycles. The molecule has 1 N–H and O–H groups in total. The van der Waals surface area contributed by atoms with Crippen LogP contribution >= 0.6 is 11.8 Å². The lowest BCUT2D eigenvalue weighted by molar-refractivity contribution is -0.130. The van der Waals surface area contributed by atoms with Crippen molar-refractivity contribution in [2.75, 3.05) is 26.4 Å². The summed E-state index contributed by atoms with van der Waals surface area (Å²) in [6.07, 6.45) is 4.11. The molecule has 1 aliphatic rings. The number of amides is 2. The van der Waals surface area contributed by atoms with E-state index in [4.69, 9.17) is 0 Å². The Bertz CT molecular complexity index is 903. The summed E-state index contributed by atoms with van der Waals surface area (Å²) in [6, 6.07) is 7.44. The van der Waals surface area contributed by atoms with E-state index in [1.165, 1.54) is 16.7 Å². The average molecular weight is 388 g/mol. The third-order valence-electron chi connectivity index (χ3n) is 4.73. The molecule has 0 bridgehead atoms. The van der Waals surface area contributed by atoms with Gasteiger partial charge in [-0.25, -0.2) is 4.98 Å². The topological polar surface area (TPSA) is 84.3 Å². The lowest BCUT2D eigenvalue weighted by Gasteiger charge is -2.18. The van der Waals surface area contributed by atoms with E-state index >= 15 is 0 Å². The number of nitrogens with zero attached hydrogens (tertiary/aromatic N) is 3. The first-order chi connectivity index (χ1) is 13.0. The summed E-state index contributed by atoms with van der Waals surface area (Å²) in [7, 11) is 3.28. The highest BCUT2D eigenvalue weighted by Crippen LogP contribution is 2.32. The monoisotopic (exact) mass is 388 g/mol. The van der Waals surface area contributed by atoms with Crippen LogP contribution in [0.25, 0.3) is 10.9 Å². The van der Waals surface area contributed by atoms with Crippen LogP contribution in [0.4, 0.5) is 0 Å². The van der Waals surface area contributed by atoms with Crippen molar-refractivity contribution >= 4 is 34.5 Å². The van der Waals surface area contributed by atoms with Crippen molar-refractivity contribution in [3.05, 3.63) is 34.6 Å². The Balaban J connectivity index is 1.80. The molecule has 0 radical (unpaired) electrons. The Hall–Kier alpha value is -2.35. The maximum Gasteiger partial charge on any atom is 0.262 e. The summed E-state index contributed by atoms with van der Waals surface area (Å²) < 4.78 is 1.76. The minimum Gasteiger partial charge on any atom is -0.347 e. The van der Waals surface area contributed by atoms with Gasteiger partial charge in [0.2, 0.25) is 11.8 Å². The molecule has 8 heteroatoms. The summed E-state index contributed by atoms with van der Waals surface area (Å²) in [6.45, 7) is -0.0347. The molecule has 2 aromatic rings. The number of nitrogens with one attached hydrogen (secondary N) is 1. The first-order valence-corrected chi connectivity index (χ1v) is 10.1. The number of likely N-dealkylation sites (N-methyl/N-ethyl adjacent to an activating group) is 1. The van der Waals surface area contributed by atoms with Gasteiger partial charge in [0.15, 0.2) is 5.16 Å². The Morgan fingerprint density at radius 3 is 2.67 bits per heavy atom. The molecule has 1 aliphatic carbocycles. The quantitative estimate of drug-likeness (QED) is 0.603. The molecular weight excluding hydrogens is 364 g/mol. The van der Waals surface area contributed by atoms with E-state index in [0.29, 0.717) is 16.1 Å². The smallest absolute Gasteiger partial charge is 0.262 e. The number of thioether (sulfide) groups is 1. The molecule has 27 heavy (non-hydrogen) atoms. The fraction of sp³-hybridized carbons (Fsp3) is 0.474. The van der Waals surface area contributed by atoms with Crippen LogP contribution in [0.5, 0.6) is 0 Å². The van der Waals surface area contributed by atoms with E-state index in [2.05, 4.69) is 10.3 Å². The molecule has 1 saturated carbocycles. The molecule has 0 spiro atoms. The van der Waals surface area contributed by atoms with Crippen LogP contribution in [0.1, 0.15) is 31.7 Å². The van der Waals surface area contributed by atoms with Gasteiger partial charge in [-0.1, -0.05) is 36.7 Å². The number of carbonyl (C=O) groups is 2. The van der Waals surface area contributed by atoms with Crippen LogP contribution in [-0.2, 0) is 9.59 Å². The number of fused-ring (bicyclic) bond motifs is 1. The molecule has 144 valence electrons. The van der Waals surface area contributed by atoms with Crippen LogP contribution in [0, 0.1) is 0 Å². The number of carbonyl (C=O) groups excluding carboxylic acids is 2. The van der Waals surface area contributed by atoms with Crippen LogP contribution in [0.15, 0.2) is 34.2 Å². The van der Waals surface area contributed by atoms with E-state index in [-0.39, 0.29) is 35.7 Å². The largest absolute Gasteiger partial charge is 0.347 e. The average Bonchev–Trinajstić information content (AvgIpc) is 3.18. The van der Waals surface area contributed by atoms with Gasteiger partial charge in [-0.2, -0.15) is 0 Å². The second-order valence-electron chi connectivity index (χ2n) is 6.88. The van der Waals surface area contributed by atoms with Crippen molar-refractivity contribution in [1.82, 2.24) is 19.8 Å². The maximum absolute atomic E-state index is 13.0. The number of hydrogen-bond acceptors (Lipinski definition) is 5. The number of rotatable bonds is 6. The number of para-hydroxylation sites is 1. The third-order valence-corrected chi connectivity index (χ3v) is 5.69. The lowest BCUT2D eigenvalue weighted by atomic mass is 10.2. The SMILES string of the molecule is CN(C)C(=O)CNC(=O)CSc1nc2ccccc2c(=O)n1C1CCCC1. The number of aromatic nitrogens is 2. The van der Waals surface area contributed by atoms with Gasteiger partial charge in [0, 0.05) is 20.1 Å². The lowest BCUT2D eigenvalue weighted by Crippen LogP contribution is -2.37. The van der Waals surface area contributed by atoms with Crippen molar-refractivity contribution in [3.8, 4) is 0 Å². The van der Waals surface area contributed by atoms with Gasteiger partial charge in [-0.15, -0.1) is 0 Å². The summed E-state index contributed by atoms with van der Waals surface area (Å²) in [5.41, 5.74) is 0.598. The zero-order chi connectivity index (χ0) is 19.4. The summed E-state index contributed by atoms with van der Waals surface area (Å²) in [5, 5.41) is 3.78. The van der Waals surface area contributed by atoms with Gasteiger partial charge in [-0.3, -0.25) is 19.0 Å². The van der Waals surface area contributed by atoms with Crippen molar-refractivity contribution < 1.29 is 9.59 Å². The fourth-order valence-electron chi connectivity index (χ4n) is 3.23. The highest BCUT2D eigenvalue weighted by molar-refractivity contribution is 7.99. The van der Waals surface area contributed by atoms with Gasteiger partial charge in [0.25, 0.3) is 5.56 Å². The van der Waals surface area contributed by atoms with E-state index in [1.807, 2.05) is 18.2 Å². The van der Waals surface area contributed by atoms with Gasteiger partial charge >= 0.3 is 0 Å². The third kappa shape index (κ3) is 4.50. The molecule has 1 aromatic heterocycles. The summed E-state index contributed by atoms with van der Waals surface area (Å²) >= 11 is 1.25.